The van der Waals surface area contributed by atoms with Crippen LogP contribution in [0.1, 0.15) is 32.8 Å². The van der Waals surface area contributed by atoms with Crippen LogP contribution in [0, 0.1) is 0 Å². The van der Waals surface area contributed by atoms with Gasteiger partial charge in [-0.25, -0.2) is 0 Å². The van der Waals surface area contributed by atoms with Crippen LogP contribution < -0.4 is 10.1 Å². The number of ether oxygens (including phenoxy) is 1. The summed E-state index contributed by atoms with van der Waals surface area (Å²) in [6, 6.07) is 22.1. The summed E-state index contributed by atoms with van der Waals surface area (Å²) >= 11 is 0. The monoisotopic (exact) mass is 390 g/mol. The lowest BCUT2D eigenvalue weighted by Crippen LogP contribution is -2.32. The molecule has 0 aliphatic rings. The van der Waals surface area contributed by atoms with Gasteiger partial charge in [-0.2, -0.15) is 0 Å². The van der Waals surface area contributed by atoms with Gasteiger partial charge in [0.2, 0.25) is 0 Å². The van der Waals surface area contributed by atoms with Crippen LogP contribution >= 0.6 is 0 Å². The van der Waals surface area contributed by atoms with E-state index >= 15 is 0 Å². The molecule has 4 nitrogen and oxygen atoms in total. The molecule has 0 aromatic heterocycles. The number of nitrogens with one attached hydrogen (secondary N) is 1. The van der Waals surface area contributed by atoms with Crippen molar-refractivity contribution < 1.29 is 9.53 Å². The zero-order valence-corrected chi connectivity index (χ0v) is 17.5. The minimum absolute atomic E-state index is 0.128. The van der Waals surface area contributed by atoms with Crippen molar-refractivity contribution in [2.45, 2.75) is 39.8 Å². The molecule has 0 fully saturated rings. The van der Waals surface area contributed by atoms with Crippen LogP contribution in [0.4, 0.5) is 5.69 Å². The molecule has 0 saturated heterocycles. The second kappa shape index (κ2) is 10.1. The van der Waals surface area contributed by atoms with E-state index in [9.17, 15) is 4.79 Å². The van der Waals surface area contributed by atoms with Gasteiger partial charge in [0.1, 0.15) is 5.75 Å². The van der Waals surface area contributed by atoms with E-state index in [1.165, 1.54) is 5.56 Å². The van der Waals surface area contributed by atoms with Crippen molar-refractivity contribution in [3.8, 4) is 5.75 Å². The molecule has 3 rings (SSSR count). The lowest BCUT2D eigenvalue weighted by atomic mass is 10.1. The summed E-state index contributed by atoms with van der Waals surface area (Å²) in [5.41, 5.74) is 2.03. The molecule has 0 heterocycles. The fourth-order valence-electron chi connectivity index (χ4n) is 3.35. The third kappa shape index (κ3) is 5.58. The Bertz CT molecular complexity index is 933. The summed E-state index contributed by atoms with van der Waals surface area (Å²) in [5.74, 6) is 0.581. The maximum Gasteiger partial charge on any atom is 0.265 e. The number of anilines is 1. The summed E-state index contributed by atoms with van der Waals surface area (Å²) in [7, 11) is 0. The fraction of sp³-hybridized carbons (Fsp3) is 0.320. The highest BCUT2D eigenvalue weighted by atomic mass is 16.5. The number of nitrogens with zero attached hydrogens (tertiary/aromatic N) is 1. The van der Waals surface area contributed by atoms with Crippen molar-refractivity contribution in [1.29, 1.82) is 0 Å². The van der Waals surface area contributed by atoms with Crippen molar-refractivity contribution in [3.63, 3.8) is 0 Å². The first-order valence-corrected chi connectivity index (χ1v) is 10.4. The Morgan fingerprint density at radius 2 is 1.62 bits per heavy atom. The van der Waals surface area contributed by atoms with Gasteiger partial charge in [-0.15, -0.1) is 0 Å². The molecule has 1 amide bonds. The second-order valence-corrected chi connectivity index (χ2v) is 7.17. The molecule has 3 aromatic rings. The maximum absolute atomic E-state index is 12.7. The van der Waals surface area contributed by atoms with Crippen molar-refractivity contribution in [2.24, 2.45) is 0 Å². The summed E-state index contributed by atoms with van der Waals surface area (Å²) in [5, 5.41) is 5.24. The Kier molecular flexibility index (Phi) is 7.25. The third-order valence-electron chi connectivity index (χ3n) is 5.18. The molecule has 0 bridgehead atoms. The van der Waals surface area contributed by atoms with Crippen LogP contribution in [-0.4, -0.2) is 30.0 Å². The minimum Gasteiger partial charge on any atom is -0.481 e. The van der Waals surface area contributed by atoms with Gasteiger partial charge in [-0.05, 0) is 60.1 Å². The Balaban J connectivity index is 1.63. The van der Waals surface area contributed by atoms with E-state index in [1.807, 2.05) is 55.5 Å². The third-order valence-corrected chi connectivity index (χ3v) is 5.18. The Morgan fingerprint density at radius 3 is 2.28 bits per heavy atom. The number of carbonyl (C=O) groups is 1. The largest absolute Gasteiger partial charge is 0.481 e. The van der Waals surface area contributed by atoms with Crippen molar-refractivity contribution >= 4 is 22.4 Å². The van der Waals surface area contributed by atoms with Crippen LogP contribution in [0.25, 0.3) is 10.8 Å². The molecule has 0 aliphatic heterocycles. The van der Waals surface area contributed by atoms with Gasteiger partial charge in [0, 0.05) is 12.2 Å². The van der Waals surface area contributed by atoms with E-state index in [0.29, 0.717) is 12.2 Å². The van der Waals surface area contributed by atoms with E-state index in [4.69, 9.17) is 4.74 Å². The average Bonchev–Trinajstić information content (AvgIpc) is 2.76. The van der Waals surface area contributed by atoms with Crippen LogP contribution in [0.2, 0.25) is 0 Å². The van der Waals surface area contributed by atoms with Gasteiger partial charge in [0.25, 0.3) is 5.91 Å². The Labute approximate surface area is 173 Å². The van der Waals surface area contributed by atoms with E-state index in [2.05, 4.69) is 42.3 Å². The number of fused-ring (bicyclic) bond motifs is 1. The first-order chi connectivity index (χ1) is 14.1. The zero-order chi connectivity index (χ0) is 20.6. The van der Waals surface area contributed by atoms with Gasteiger partial charge in [0.05, 0.1) is 0 Å². The standard InChI is InChI=1S/C25H30N2O2/c1-4-24(29-23-16-13-20-9-7-8-10-21(20)17-23)25(28)26-22-14-11-19(12-15-22)18-27(5-2)6-3/h7-17,24H,4-6,18H2,1-3H3,(H,26,28)/t24-/m0/s1. The van der Waals surface area contributed by atoms with E-state index in [1.54, 1.807) is 0 Å². The maximum atomic E-state index is 12.7. The number of rotatable bonds is 9. The second-order valence-electron chi connectivity index (χ2n) is 7.17. The zero-order valence-electron chi connectivity index (χ0n) is 17.5. The molecule has 0 unspecified atom stereocenters. The number of hydrogen-bond acceptors (Lipinski definition) is 3. The van der Waals surface area contributed by atoms with E-state index in [-0.39, 0.29) is 5.91 Å². The average molecular weight is 391 g/mol. The summed E-state index contributed by atoms with van der Waals surface area (Å²) in [6.07, 6.45) is 0.0603. The number of hydrogen-bond donors (Lipinski definition) is 1. The highest BCUT2D eigenvalue weighted by Gasteiger charge is 2.18. The molecule has 3 aromatic carbocycles. The molecule has 29 heavy (non-hydrogen) atoms. The van der Waals surface area contributed by atoms with Gasteiger partial charge in [-0.1, -0.05) is 63.2 Å². The topological polar surface area (TPSA) is 41.6 Å². The molecule has 0 saturated carbocycles. The number of amides is 1. The molecular formula is C25H30N2O2. The quantitative estimate of drug-likeness (QED) is 0.526. The molecule has 0 aliphatic carbocycles. The van der Waals surface area contributed by atoms with E-state index < -0.39 is 6.10 Å². The smallest absolute Gasteiger partial charge is 0.265 e. The number of carbonyl (C=O) groups excluding carboxylic acids is 1. The van der Waals surface area contributed by atoms with Gasteiger partial charge in [0.15, 0.2) is 6.10 Å². The van der Waals surface area contributed by atoms with Crippen LogP contribution in [0.15, 0.2) is 66.7 Å². The lowest BCUT2D eigenvalue weighted by molar-refractivity contribution is -0.122. The molecule has 152 valence electrons. The Morgan fingerprint density at radius 1 is 0.931 bits per heavy atom. The molecule has 1 atom stereocenters. The molecular weight excluding hydrogens is 360 g/mol. The summed E-state index contributed by atoms with van der Waals surface area (Å²) in [6.45, 7) is 9.26. The highest BCUT2D eigenvalue weighted by molar-refractivity contribution is 5.94. The molecule has 1 N–H and O–H groups in total. The molecule has 4 heteroatoms. The first-order valence-electron chi connectivity index (χ1n) is 10.4. The Hall–Kier alpha value is -2.85. The summed E-state index contributed by atoms with van der Waals surface area (Å²) < 4.78 is 5.99. The van der Waals surface area contributed by atoms with Gasteiger partial charge in [-0.3, -0.25) is 9.69 Å². The van der Waals surface area contributed by atoms with Crippen molar-refractivity contribution in [2.75, 3.05) is 18.4 Å². The van der Waals surface area contributed by atoms with Gasteiger partial charge >= 0.3 is 0 Å². The predicted octanol–water partition coefficient (Wildman–Crippen LogP) is 5.48. The minimum atomic E-state index is -0.536. The van der Waals surface area contributed by atoms with Crippen molar-refractivity contribution in [3.05, 3.63) is 72.3 Å². The molecule has 0 radical (unpaired) electrons. The summed E-state index contributed by atoms with van der Waals surface area (Å²) in [4.78, 5) is 15.1. The van der Waals surface area contributed by atoms with Crippen molar-refractivity contribution in [1.82, 2.24) is 4.90 Å². The van der Waals surface area contributed by atoms with Crippen LogP contribution in [0.5, 0.6) is 5.75 Å². The highest BCUT2D eigenvalue weighted by Crippen LogP contribution is 2.22. The number of benzene rings is 3. The predicted molar refractivity (Wildman–Crippen MR) is 120 cm³/mol. The van der Waals surface area contributed by atoms with Crippen LogP contribution in [-0.2, 0) is 11.3 Å². The van der Waals surface area contributed by atoms with Gasteiger partial charge < -0.3 is 10.1 Å². The van der Waals surface area contributed by atoms with E-state index in [0.717, 1.165) is 36.1 Å². The lowest BCUT2D eigenvalue weighted by Gasteiger charge is -2.19. The SMILES string of the molecule is CC[C@H](Oc1ccc2ccccc2c1)C(=O)Nc1ccc(CN(CC)CC)cc1. The molecule has 0 spiro atoms. The first kappa shape index (κ1) is 20.9. The normalized spacial score (nSPS) is 12.1. The fourth-order valence-corrected chi connectivity index (χ4v) is 3.35. The van der Waals surface area contributed by atoms with Crippen LogP contribution in [0.3, 0.4) is 0 Å².